The van der Waals surface area contributed by atoms with Crippen LogP contribution < -0.4 is 10.6 Å². The average Bonchev–Trinajstić information content (AvgIpc) is 3.26. The number of aliphatic imine (C=N–C) groups is 1. The van der Waals surface area contributed by atoms with Crippen molar-refractivity contribution in [2.75, 3.05) is 27.2 Å². The van der Waals surface area contributed by atoms with Crippen LogP contribution in [0.3, 0.4) is 0 Å². The van der Waals surface area contributed by atoms with Crippen LogP contribution in [0.15, 0.2) is 53.5 Å². The van der Waals surface area contributed by atoms with Crippen LogP contribution >= 0.6 is 35.6 Å². The van der Waals surface area contributed by atoms with Crippen molar-refractivity contribution in [1.29, 1.82) is 0 Å². The predicted molar refractivity (Wildman–Crippen MR) is 136 cm³/mol. The third-order valence-corrected chi connectivity index (χ3v) is 5.27. The molecule has 0 spiro atoms. The topological polar surface area (TPSA) is 66.0 Å². The monoisotopic (exact) mass is 556 g/mol. The molecule has 0 radical (unpaired) electrons. The fraction of sp³-hybridized carbons (Fsp3) is 0.391. The molecular formula is C23H30ClIN4O2. The van der Waals surface area contributed by atoms with Crippen LogP contribution in [-0.4, -0.2) is 50.1 Å². The molecule has 2 N–H and O–H groups in total. The second kappa shape index (κ2) is 12.9. The number of carbonyl (C=O) groups is 1. The normalized spacial score (nSPS) is 15.8. The summed E-state index contributed by atoms with van der Waals surface area (Å²) >= 11 is 6.08. The van der Waals surface area contributed by atoms with Gasteiger partial charge in [0.25, 0.3) is 5.91 Å². The Morgan fingerprint density at radius 2 is 1.97 bits per heavy atom. The average molecular weight is 557 g/mol. The lowest BCUT2D eigenvalue weighted by Crippen LogP contribution is -2.38. The summed E-state index contributed by atoms with van der Waals surface area (Å²) in [5, 5.41) is 7.04. The summed E-state index contributed by atoms with van der Waals surface area (Å²) in [6.07, 6.45) is 2.21. The van der Waals surface area contributed by atoms with Crippen molar-refractivity contribution in [2.45, 2.75) is 32.0 Å². The Morgan fingerprint density at radius 1 is 1.19 bits per heavy atom. The smallest absolute Gasteiger partial charge is 0.251 e. The highest BCUT2D eigenvalue weighted by molar-refractivity contribution is 14.0. The molecule has 1 unspecified atom stereocenters. The first-order valence-electron chi connectivity index (χ1n) is 10.2. The van der Waals surface area contributed by atoms with Gasteiger partial charge in [-0.1, -0.05) is 35.9 Å². The first-order chi connectivity index (χ1) is 14.5. The van der Waals surface area contributed by atoms with Gasteiger partial charge in [-0.3, -0.25) is 9.79 Å². The van der Waals surface area contributed by atoms with E-state index in [0.29, 0.717) is 25.2 Å². The number of halogens is 2. The van der Waals surface area contributed by atoms with Crippen molar-refractivity contribution >= 4 is 47.4 Å². The molecule has 1 aliphatic heterocycles. The van der Waals surface area contributed by atoms with Crippen molar-refractivity contribution < 1.29 is 9.53 Å². The first-order valence-corrected chi connectivity index (χ1v) is 10.6. The molecule has 31 heavy (non-hydrogen) atoms. The van der Waals surface area contributed by atoms with E-state index in [-0.39, 0.29) is 36.0 Å². The SMILES string of the molecule is CN=C(NCc1cccc(C(=O)NCC2CCCO2)c1)N(C)Cc1cccc(Cl)c1.I. The molecule has 8 heteroatoms. The molecule has 0 bridgehead atoms. The van der Waals surface area contributed by atoms with Gasteiger partial charge in [-0.25, -0.2) is 0 Å². The third kappa shape index (κ3) is 7.97. The lowest BCUT2D eigenvalue weighted by atomic mass is 10.1. The van der Waals surface area contributed by atoms with Gasteiger partial charge in [0.2, 0.25) is 0 Å². The molecule has 1 amide bonds. The summed E-state index contributed by atoms with van der Waals surface area (Å²) in [4.78, 5) is 18.8. The highest BCUT2D eigenvalue weighted by Crippen LogP contribution is 2.13. The van der Waals surface area contributed by atoms with Crippen LogP contribution in [0.25, 0.3) is 0 Å². The van der Waals surface area contributed by atoms with Gasteiger partial charge < -0.3 is 20.3 Å². The molecule has 2 aromatic rings. The van der Waals surface area contributed by atoms with Crippen LogP contribution in [0, 0.1) is 0 Å². The number of carbonyl (C=O) groups excluding carboxylic acids is 1. The largest absolute Gasteiger partial charge is 0.376 e. The number of ether oxygens (including phenoxy) is 1. The minimum atomic E-state index is -0.0743. The second-order valence-electron chi connectivity index (χ2n) is 7.43. The van der Waals surface area contributed by atoms with E-state index in [4.69, 9.17) is 16.3 Å². The van der Waals surface area contributed by atoms with Crippen LogP contribution in [0.2, 0.25) is 5.02 Å². The van der Waals surface area contributed by atoms with Gasteiger partial charge in [0, 0.05) is 50.9 Å². The van der Waals surface area contributed by atoms with Crippen molar-refractivity contribution in [1.82, 2.24) is 15.5 Å². The maximum atomic E-state index is 12.5. The lowest BCUT2D eigenvalue weighted by molar-refractivity contribution is 0.0857. The standard InChI is InChI=1S/C23H29ClN4O2.HI/c1-25-23(28(2)16-18-7-4-9-20(24)13-18)27-14-17-6-3-8-19(12-17)22(29)26-15-21-10-5-11-30-21;/h3-4,6-9,12-13,21H,5,10-11,14-16H2,1-2H3,(H,25,27)(H,26,29);1H. The Morgan fingerprint density at radius 3 is 2.68 bits per heavy atom. The predicted octanol–water partition coefficient (Wildman–Crippen LogP) is 4.07. The van der Waals surface area contributed by atoms with Gasteiger partial charge in [-0.2, -0.15) is 0 Å². The Bertz CT molecular complexity index is 887. The molecule has 0 aromatic heterocycles. The van der Waals surface area contributed by atoms with E-state index in [2.05, 4.69) is 15.6 Å². The Labute approximate surface area is 206 Å². The zero-order valence-corrected chi connectivity index (χ0v) is 21.0. The highest BCUT2D eigenvalue weighted by Gasteiger charge is 2.16. The van der Waals surface area contributed by atoms with Crippen molar-refractivity contribution in [3.05, 3.63) is 70.2 Å². The zero-order valence-electron chi connectivity index (χ0n) is 17.9. The Hall–Kier alpha value is -1.84. The molecule has 0 aliphatic carbocycles. The fourth-order valence-corrected chi connectivity index (χ4v) is 3.70. The number of nitrogens with zero attached hydrogens (tertiary/aromatic N) is 2. The Balaban J connectivity index is 0.00000341. The van der Waals surface area contributed by atoms with Gasteiger partial charge in [0.05, 0.1) is 6.10 Å². The number of amides is 1. The zero-order chi connectivity index (χ0) is 21.3. The van der Waals surface area contributed by atoms with Crippen molar-refractivity contribution in [3.63, 3.8) is 0 Å². The molecule has 3 rings (SSSR count). The van der Waals surface area contributed by atoms with Crippen LogP contribution in [0.1, 0.15) is 34.3 Å². The summed E-state index contributed by atoms with van der Waals surface area (Å²) in [7, 11) is 3.73. The molecule has 1 aliphatic rings. The molecule has 1 atom stereocenters. The minimum Gasteiger partial charge on any atom is -0.376 e. The van der Waals surface area contributed by atoms with E-state index in [1.54, 1.807) is 7.05 Å². The summed E-state index contributed by atoms with van der Waals surface area (Å²) in [6.45, 7) is 2.60. The molecule has 2 aromatic carbocycles. The summed E-state index contributed by atoms with van der Waals surface area (Å²) in [5.41, 5.74) is 2.77. The number of hydrogen-bond acceptors (Lipinski definition) is 3. The highest BCUT2D eigenvalue weighted by atomic mass is 127. The maximum absolute atomic E-state index is 12.5. The number of guanidine groups is 1. The Kier molecular flexibility index (Phi) is 10.6. The van der Waals surface area contributed by atoms with Crippen LogP contribution in [0.4, 0.5) is 0 Å². The fourth-order valence-electron chi connectivity index (χ4n) is 3.49. The molecular weight excluding hydrogens is 527 g/mol. The van der Waals surface area contributed by atoms with E-state index in [1.165, 1.54) is 0 Å². The molecule has 168 valence electrons. The molecule has 0 saturated carbocycles. The third-order valence-electron chi connectivity index (χ3n) is 5.04. The lowest BCUT2D eigenvalue weighted by Gasteiger charge is -2.22. The number of rotatable bonds is 7. The van der Waals surface area contributed by atoms with E-state index in [1.807, 2.05) is 60.5 Å². The van der Waals surface area contributed by atoms with Gasteiger partial charge >= 0.3 is 0 Å². The molecule has 6 nitrogen and oxygen atoms in total. The number of hydrogen-bond donors (Lipinski definition) is 2. The van der Waals surface area contributed by atoms with E-state index < -0.39 is 0 Å². The van der Waals surface area contributed by atoms with Crippen LogP contribution in [0.5, 0.6) is 0 Å². The van der Waals surface area contributed by atoms with Gasteiger partial charge in [-0.05, 0) is 48.2 Å². The molecule has 1 fully saturated rings. The van der Waals surface area contributed by atoms with E-state index in [0.717, 1.165) is 41.6 Å². The maximum Gasteiger partial charge on any atom is 0.251 e. The first kappa shape index (κ1) is 25.4. The summed E-state index contributed by atoms with van der Waals surface area (Å²) in [6, 6.07) is 15.4. The molecule has 1 heterocycles. The van der Waals surface area contributed by atoms with Gasteiger partial charge in [0.15, 0.2) is 5.96 Å². The minimum absolute atomic E-state index is 0. The van der Waals surface area contributed by atoms with E-state index >= 15 is 0 Å². The number of benzene rings is 2. The van der Waals surface area contributed by atoms with Gasteiger partial charge in [0.1, 0.15) is 0 Å². The van der Waals surface area contributed by atoms with Crippen molar-refractivity contribution in [2.24, 2.45) is 4.99 Å². The summed E-state index contributed by atoms with van der Waals surface area (Å²) < 4.78 is 5.56. The van der Waals surface area contributed by atoms with Gasteiger partial charge in [-0.15, -0.1) is 24.0 Å². The summed E-state index contributed by atoms with van der Waals surface area (Å²) in [5.74, 6) is 0.693. The van der Waals surface area contributed by atoms with E-state index in [9.17, 15) is 4.79 Å². The van der Waals surface area contributed by atoms with Crippen molar-refractivity contribution in [3.8, 4) is 0 Å². The quantitative estimate of drug-likeness (QED) is 0.307. The number of nitrogens with one attached hydrogen (secondary N) is 2. The second-order valence-corrected chi connectivity index (χ2v) is 7.87. The molecule has 1 saturated heterocycles. The van der Waals surface area contributed by atoms with Crippen LogP contribution in [-0.2, 0) is 17.8 Å².